The monoisotopic (exact) mass is 133 g/mol. The Kier molecular flexibility index (Phi) is 1.38. The maximum atomic E-state index is 8.93. The summed E-state index contributed by atoms with van der Waals surface area (Å²) in [6, 6.07) is 0. The first kappa shape index (κ1) is 6.68. The van der Waals surface area contributed by atoms with E-state index in [0.717, 1.165) is 4.81 Å². The van der Waals surface area contributed by atoms with Crippen molar-refractivity contribution in [1.82, 2.24) is 4.81 Å². The number of aliphatic hydroxyl groups is 1. The van der Waals surface area contributed by atoms with E-state index >= 15 is 0 Å². The smallest absolute Gasteiger partial charge is 0.264 e. The molecule has 2 radical (unpaired) electrons. The van der Waals surface area contributed by atoms with Gasteiger partial charge in [0.25, 0.3) is 5.70 Å². The van der Waals surface area contributed by atoms with E-state index in [1.54, 1.807) is 0 Å². The summed E-state index contributed by atoms with van der Waals surface area (Å²) in [7, 11) is 5.20. The van der Waals surface area contributed by atoms with Crippen molar-refractivity contribution in [2.24, 2.45) is 0 Å². The van der Waals surface area contributed by atoms with Gasteiger partial charge in [0.05, 0.1) is 13.1 Å². The van der Waals surface area contributed by atoms with Crippen LogP contribution in [0.4, 0.5) is 0 Å². The lowest BCUT2D eigenvalue weighted by Crippen LogP contribution is -2.22. The van der Waals surface area contributed by atoms with Crippen molar-refractivity contribution >= 4 is 13.8 Å². The van der Waals surface area contributed by atoms with Crippen LogP contribution in [-0.4, -0.2) is 30.3 Å². The number of nitrogens with one attached hydrogen (secondary N) is 1. The van der Waals surface area contributed by atoms with E-state index in [2.05, 4.69) is 4.85 Å². The predicted molar refractivity (Wildman–Crippen MR) is 36.4 cm³/mol. The molecule has 4 nitrogen and oxygen atoms in total. The average Bonchev–Trinajstić information content (AvgIpc) is 2.09. The molecule has 1 aliphatic heterocycles. The summed E-state index contributed by atoms with van der Waals surface area (Å²) in [6.07, 6.45) is 0. The second-order valence-electron chi connectivity index (χ2n) is 1.88. The third kappa shape index (κ3) is 0.741. The number of nitrogens with zero attached hydrogens (tertiary/aromatic N) is 2. The number of rotatable bonds is 0. The Hall–Kier alpha value is -1.44. The highest BCUT2D eigenvalue weighted by atomic mass is 16.3. The fourth-order valence-corrected chi connectivity index (χ4v) is 0.705. The first-order chi connectivity index (χ1) is 4.66. The topological polar surface area (TPSA) is 51.7 Å². The van der Waals surface area contributed by atoms with Crippen molar-refractivity contribution < 1.29 is 5.11 Å². The Balaban J connectivity index is 2.99. The molecule has 2 N–H and O–H groups in total. The zero-order valence-electron chi connectivity index (χ0n) is 5.13. The van der Waals surface area contributed by atoms with E-state index < -0.39 is 0 Å². The Labute approximate surface area is 59.5 Å². The van der Waals surface area contributed by atoms with Crippen LogP contribution in [-0.2, 0) is 0 Å². The third-order valence-corrected chi connectivity index (χ3v) is 1.22. The van der Waals surface area contributed by atoms with Gasteiger partial charge in [-0.05, 0) is 0 Å². The number of hydrogen-bond donors (Lipinski definition) is 2. The van der Waals surface area contributed by atoms with Gasteiger partial charge in [-0.2, -0.15) is 0 Å². The largest absolute Gasteiger partial charge is 0.521 e. The summed E-state index contributed by atoms with van der Waals surface area (Å²) in [5.74, 6) is -0.241. The van der Waals surface area contributed by atoms with Crippen molar-refractivity contribution in [3.8, 4) is 0 Å². The van der Waals surface area contributed by atoms with E-state index in [9.17, 15) is 0 Å². The fourth-order valence-electron chi connectivity index (χ4n) is 0.705. The summed E-state index contributed by atoms with van der Waals surface area (Å²) in [6.45, 7) is 6.60. The highest BCUT2D eigenvalue weighted by Gasteiger charge is 2.23. The van der Waals surface area contributed by atoms with Crippen LogP contribution in [0.15, 0.2) is 11.5 Å². The second kappa shape index (κ2) is 2.07. The predicted octanol–water partition coefficient (Wildman–Crippen LogP) is 0.0517. The van der Waals surface area contributed by atoms with E-state index in [4.69, 9.17) is 25.1 Å². The van der Waals surface area contributed by atoms with Crippen molar-refractivity contribution in [1.29, 1.82) is 5.41 Å². The van der Waals surface area contributed by atoms with Crippen molar-refractivity contribution in [2.75, 3.05) is 6.54 Å². The average molecular weight is 133 g/mol. The van der Waals surface area contributed by atoms with Gasteiger partial charge in [-0.3, -0.25) is 5.41 Å². The molecule has 0 aromatic rings. The first-order valence-electron chi connectivity index (χ1n) is 2.57. The van der Waals surface area contributed by atoms with Crippen LogP contribution < -0.4 is 0 Å². The fraction of sp³-hybridized carbons (Fsp3) is 0.200. The third-order valence-electron chi connectivity index (χ3n) is 1.22. The Morgan fingerprint density at radius 3 is 2.60 bits per heavy atom. The molecule has 0 bridgehead atoms. The molecule has 0 spiro atoms. The molecule has 0 aromatic carbocycles. The van der Waals surface area contributed by atoms with E-state index in [1.807, 2.05) is 0 Å². The Morgan fingerprint density at radius 2 is 2.40 bits per heavy atom. The highest BCUT2D eigenvalue weighted by molar-refractivity contribution is 6.21. The van der Waals surface area contributed by atoms with Crippen molar-refractivity contribution in [2.45, 2.75) is 0 Å². The van der Waals surface area contributed by atoms with E-state index in [1.165, 1.54) is 0 Å². The summed E-state index contributed by atoms with van der Waals surface area (Å²) < 4.78 is 0. The van der Waals surface area contributed by atoms with Crippen molar-refractivity contribution in [3.63, 3.8) is 0 Å². The van der Waals surface area contributed by atoms with Gasteiger partial charge in [-0.25, -0.2) is 4.85 Å². The molecule has 0 aliphatic carbocycles. The summed E-state index contributed by atoms with van der Waals surface area (Å²) in [5, 5.41) is 16.0. The molecule has 1 aliphatic rings. The minimum atomic E-state index is -0.123. The summed E-state index contributed by atoms with van der Waals surface area (Å²) in [5.41, 5.74) is -0.0532. The number of aliphatic hydroxyl groups excluding tert-OH is 1. The van der Waals surface area contributed by atoms with E-state index in [0.29, 0.717) is 0 Å². The maximum Gasteiger partial charge on any atom is 0.264 e. The molecule has 0 fully saturated rings. The SMILES string of the molecule is [B]N1CC(O)=C([N+]#[C-])C1=N. The number of hydrogen-bond acceptors (Lipinski definition) is 2. The molecule has 5 heteroatoms. The van der Waals surface area contributed by atoms with Crippen LogP contribution in [0.2, 0.25) is 0 Å². The quantitative estimate of drug-likeness (QED) is 0.362. The van der Waals surface area contributed by atoms with Gasteiger partial charge < -0.3 is 9.92 Å². The molecule has 0 amide bonds. The van der Waals surface area contributed by atoms with Gasteiger partial charge in [0.1, 0.15) is 11.6 Å². The normalized spacial score (nSPS) is 17.9. The first-order valence-corrected chi connectivity index (χ1v) is 2.57. The molecule has 48 valence electrons. The summed E-state index contributed by atoms with van der Waals surface area (Å²) >= 11 is 0. The molecular weight excluding hydrogens is 129 g/mol. The molecule has 0 saturated carbocycles. The molecule has 10 heavy (non-hydrogen) atoms. The minimum Gasteiger partial charge on any atom is -0.521 e. The Bertz CT molecular complexity index is 252. The van der Waals surface area contributed by atoms with Gasteiger partial charge in [0.15, 0.2) is 0 Å². The molecule has 0 aromatic heterocycles. The van der Waals surface area contributed by atoms with Gasteiger partial charge in [-0.15, -0.1) is 0 Å². The van der Waals surface area contributed by atoms with Gasteiger partial charge in [0, 0.05) is 0 Å². The highest BCUT2D eigenvalue weighted by Crippen LogP contribution is 2.15. The number of amidine groups is 1. The molecule has 0 unspecified atom stereocenters. The van der Waals surface area contributed by atoms with Gasteiger partial charge in [-0.1, -0.05) is 0 Å². The van der Waals surface area contributed by atoms with Gasteiger partial charge in [0.2, 0.25) is 7.98 Å². The molecular formula is C5H4BN3O. The Morgan fingerprint density at radius 1 is 1.80 bits per heavy atom. The van der Waals surface area contributed by atoms with Crippen LogP contribution in [0, 0.1) is 12.0 Å². The van der Waals surface area contributed by atoms with Crippen molar-refractivity contribution in [3.05, 3.63) is 22.9 Å². The van der Waals surface area contributed by atoms with Crippen LogP contribution >= 0.6 is 0 Å². The van der Waals surface area contributed by atoms with Crippen LogP contribution in [0.5, 0.6) is 0 Å². The van der Waals surface area contributed by atoms with Crippen LogP contribution in [0.25, 0.3) is 4.85 Å². The standard InChI is InChI=1S/C5H4BN3O/c1-8-4-3(10)2-9(6)5(4)7/h7,10H,2H2. The van der Waals surface area contributed by atoms with Crippen LogP contribution in [0.3, 0.4) is 0 Å². The summed E-state index contributed by atoms with van der Waals surface area (Å²) in [4.78, 5) is 3.95. The zero-order chi connectivity index (χ0) is 7.72. The maximum absolute atomic E-state index is 8.93. The molecule has 0 saturated heterocycles. The minimum absolute atomic E-state index is 0.0532. The molecule has 1 rings (SSSR count). The van der Waals surface area contributed by atoms with E-state index in [-0.39, 0.29) is 23.8 Å². The molecule has 1 heterocycles. The van der Waals surface area contributed by atoms with Gasteiger partial charge >= 0.3 is 0 Å². The van der Waals surface area contributed by atoms with Crippen LogP contribution in [0.1, 0.15) is 0 Å². The zero-order valence-corrected chi connectivity index (χ0v) is 5.13. The lowest BCUT2D eigenvalue weighted by atomic mass is 10.3. The molecule has 0 atom stereocenters. The lowest BCUT2D eigenvalue weighted by Gasteiger charge is -2.09. The lowest BCUT2D eigenvalue weighted by molar-refractivity contribution is 0.387. The second-order valence-corrected chi connectivity index (χ2v) is 1.88.